The summed E-state index contributed by atoms with van der Waals surface area (Å²) in [4.78, 5) is 51.4. The average Bonchev–Trinajstić information content (AvgIpc) is 2.97. The molecule has 1 saturated heterocycles. The van der Waals surface area contributed by atoms with E-state index in [1.54, 1.807) is 18.0 Å². The minimum atomic E-state index is -0.731. The maximum Gasteiger partial charge on any atom is 0.411 e. The molecule has 4 rings (SSSR count). The lowest BCUT2D eigenvalue weighted by Crippen LogP contribution is -2.44. The van der Waals surface area contributed by atoms with Gasteiger partial charge in [-0.05, 0) is 51.3 Å². The molecule has 170 valence electrons. The summed E-state index contributed by atoms with van der Waals surface area (Å²) in [6, 6.07) is 4.62. The Morgan fingerprint density at radius 1 is 1.09 bits per heavy atom. The largest absolute Gasteiger partial charge is 0.444 e. The number of carbonyl (C=O) groups is 3. The van der Waals surface area contributed by atoms with Crippen molar-refractivity contribution in [1.29, 1.82) is 0 Å². The molecular weight excluding hydrogens is 412 g/mol. The summed E-state index contributed by atoms with van der Waals surface area (Å²) in [5.74, 6) is -0.789. The van der Waals surface area contributed by atoms with Crippen molar-refractivity contribution in [3.8, 4) is 0 Å². The van der Waals surface area contributed by atoms with E-state index in [2.05, 4.69) is 5.32 Å². The summed E-state index contributed by atoms with van der Waals surface area (Å²) in [7, 11) is 1.66. The number of carbonyl (C=O) groups excluding carboxylic acids is 3. The zero-order valence-electron chi connectivity index (χ0n) is 18.8. The molecule has 3 amide bonds. The second kappa shape index (κ2) is 7.96. The monoisotopic (exact) mass is 440 g/mol. The second-order valence-corrected chi connectivity index (χ2v) is 9.28. The first-order valence-electron chi connectivity index (χ1n) is 10.8. The van der Waals surface area contributed by atoms with Crippen molar-refractivity contribution in [3.05, 3.63) is 46.4 Å². The van der Waals surface area contributed by atoms with Gasteiger partial charge in [0.1, 0.15) is 11.6 Å². The number of amides is 3. The van der Waals surface area contributed by atoms with Gasteiger partial charge < -0.3 is 4.74 Å². The van der Waals surface area contributed by atoms with Gasteiger partial charge in [-0.15, -0.1) is 0 Å². The van der Waals surface area contributed by atoms with Gasteiger partial charge in [-0.25, -0.2) is 9.59 Å². The van der Waals surface area contributed by atoms with Crippen LogP contribution in [-0.2, 0) is 21.4 Å². The van der Waals surface area contributed by atoms with E-state index in [9.17, 15) is 19.2 Å². The Bertz CT molecular complexity index is 1180. The van der Waals surface area contributed by atoms with Crippen molar-refractivity contribution >= 4 is 28.9 Å². The maximum absolute atomic E-state index is 13.0. The van der Waals surface area contributed by atoms with Crippen molar-refractivity contribution in [3.63, 3.8) is 0 Å². The lowest BCUT2D eigenvalue weighted by Gasteiger charge is -2.34. The number of imidazole rings is 1. The molecule has 0 spiro atoms. The van der Waals surface area contributed by atoms with Gasteiger partial charge in [0.2, 0.25) is 11.8 Å². The molecule has 2 atom stereocenters. The highest BCUT2D eigenvalue weighted by molar-refractivity contribution is 6.00. The molecular formula is C23H28N4O5. The predicted octanol–water partition coefficient (Wildman–Crippen LogP) is 2.56. The number of nitrogens with zero attached hydrogens (tertiary/aromatic N) is 3. The molecule has 1 aromatic heterocycles. The number of rotatable bonds is 2. The predicted molar refractivity (Wildman–Crippen MR) is 118 cm³/mol. The Balaban J connectivity index is 1.72. The first kappa shape index (κ1) is 21.9. The molecule has 1 fully saturated rings. The zero-order valence-corrected chi connectivity index (χ0v) is 18.8. The van der Waals surface area contributed by atoms with E-state index in [1.807, 2.05) is 45.1 Å². The smallest absolute Gasteiger partial charge is 0.411 e. The van der Waals surface area contributed by atoms with E-state index < -0.39 is 17.6 Å². The van der Waals surface area contributed by atoms with Crippen molar-refractivity contribution in [1.82, 2.24) is 19.4 Å². The number of aryl methyl sites for hydroxylation is 1. The SMILES string of the molecule is Cn1c(=O)n(C2CCC(=O)NC2=O)c2ccc(C3CC=CCN3C(=O)OC(C)(C)C)cc21. The van der Waals surface area contributed by atoms with Gasteiger partial charge in [-0.2, -0.15) is 0 Å². The standard InChI is InChI=1S/C23H28N4O5/c1-23(2,3)32-22(31)26-12-6-5-7-15(26)14-8-9-16-18(13-14)25(4)21(30)27(16)17-10-11-19(28)24-20(17)29/h5-6,8-9,13,15,17H,7,10-12H2,1-4H3,(H,24,28,29). The van der Waals surface area contributed by atoms with Crippen molar-refractivity contribution in [2.75, 3.05) is 6.54 Å². The third kappa shape index (κ3) is 3.94. The van der Waals surface area contributed by atoms with E-state index >= 15 is 0 Å². The van der Waals surface area contributed by atoms with Crippen LogP contribution in [0.5, 0.6) is 0 Å². The van der Waals surface area contributed by atoms with Gasteiger partial charge in [0, 0.05) is 20.0 Å². The van der Waals surface area contributed by atoms with Crippen LogP contribution in [0.2, 0.25) is 0 Å². The minimum Gasteiger partial charge on any atom is -0.444 e. The minimum absolute atomic E-state index is 0.191. The molecule has 2 unspecified atom stereocenters. The quantitative estimate of drug-likeness (QED) is 0.571. The normalized spacial score (nSPS) is 21.7. The third-order valence-corrected chi connectivity index (χ3v) is 5.85. The fraction of sp³-hybridized carbons (Fsp3) is 0.478. The van der Waals surface area contributed by atoms with E-state index in [0.717, 1.165) is 5.56 Å². The van der Waals surface area contributed by atoms with Crippen LogP contribution in [0.15, 0.2) is 35.1 Å². The summed E-state index contributed by atoms with van der Waals surface area (Å²) in [5, 5.41) is 2.32. The number of aromatic nitrogens is 2. The molecule has 2 aliphatic rings. The molecule has 9 nitrogen and oxygen atoms in total. The highest BCUT2D eigenvalue weighted by atomic mass is 16.6. The number of piperidine rings is 1. The van der Waals surface area contributed by atoms with Gasteiger partial charge in [-0.3, -0.25) is 28.9 Å². The van der Waals surface area contributed by atoms with Gasteiger partial charge in [-0.1, -0.05) is 18.2 Å². The molecule has 0 bridgehead atoms. The number of fused-ring (bicyclic) bond motifs is 1. The summed E-state index contributed by atoms with van der Waals surface area (Å²) in [5.41, 5.74) is 1.24. The van der Waals surface area contributed by atoms with Crippen LogP contribution < -0.4 is 11.0 Å². The Morgan fingerprint density at radius 3 is 2.53 bits per heavy atom. The van der Waals surface area contributed by atoms with Crippen LogP contribution in [0.1, 0.15) is 57.7 Å². The number of imide groups is 1. The molecule has 0 radical (unpaired) electrons. The molecule has 2 aliphatic heterocycles. The molecule has 2 aromatic rings. The Hall–Kier alpha value is -3.36. The first-order valence-corrected chi connectivity index (χ1v) is 10.8. The van der Waals surface area contributed by atoms with Gasteiger partial charge in [0.05, 0.1) is 17.1 Å². The Labute approximate surface area is 185 Å². The first-order chi connectivity index (χ1) is 15.1. The molecule has 3 heterocycles. The van der Waals surface area contributed by atoms with Crippen molar-refractivity contribution in [2.24, 2.45) is 7.05 Å². The summed E-state index contributed by atoms with van der Waals surface area (Å²) < 4.78 is 8.54. The van der Waals surface area contributed by atoms with E-state index in [0.29, 0.717) is 24.0 Å². The van der Waals surface area contributed by atoms with Crippen LogP contribution >= 0.6 is 0 Å². The summed E-state index contributed by atoms with van der Waals surface area (Å²) in [6.07, 6.45) is 4.69. The number of benzene rings is 1. The highest BCUT2D eigenvalue weighted by Gasteiger charge is 2.33. The topological polar surface area (TPSA) is 103 Å². The van der Waals surface area contributed by atoms with Crippen molar-refractivity contribution < 1.29 is 19.1 Å². The molecule has 1 aromatic carbocycles. The fourth-order valence-electron chi connectivity index (χ4n) is 4.32. The van der Waals surface area contributed by atoms with Gasteiger partial charge in [0.25, 0.3) is 0 Å². The molecule has 0 saturated carbocycles. The van der Waals surface area contributed by atoms with E-state index in [4.69, 9.17) is 4.74 Å². The van der Waals surface area contributed by atoms with Crippen LogP contribution in [-0.4, -0.2) is 44.1 Å². The molecule has 1 N–H and O–H groups in total. The lowest BCUT2D eigenvalue weighted by molar-refractivity contribution is -0.135. The number of ether oxygens (including phenoxy) is 1. The van der Waals surface area contributed by atoms with Crippen molar-refractivity contribution in [2.45, 2.75) is 57.7 Å². The Kier molecular flexibility index (Phi) is 5.44. The van der Waals surface area contributed by atoms with E-state index in [-0.39, 0.29) is 36.6 Å². The number of hydrogen-bond donors (Lipinski definition) is 1. The third-order valence-electron chi connectivity index (χ3n) is 5.85. The van der Waals surface area contributed by atoms with Crippen LogP contribution in [0.4, 0.5) is 4.79 Å². The van der Waals surface area contributed by atoms with E-state index in [1.165, 1.54) is 9.13 Å². The van der Waals surface area contributed by atoms with Gasteiger partial charge >= 0.3 is 11.8 Å². The van der Waals surface area contributed by atoms with Gasteiger partial charge in [0.15, 0.2) is 0 Å². The number of hydrogen-bond acceptors (Lipinski definition) is 5. The second-order valence-electron chi connectivity index (χ2n) is 9.28. The summed E-state index contributed by atoms with van der Waals surface area (Å²) in [6.45, 7) is 5.94. The molecule has 0 aliphatic carbocycles. The average molecular weight is 441 g/mol. The maximum atomic E-state index is 13.0. The van der Waals surface area contributed by atoms with Crippen LogP contribution in [0.25, 0.3) is 11.0 Å². The molecule has 9 heteroatoms. The molecule has 32 heavy (non-hydrogen) atoms. The summed E-state index contributed by atoms with van der Waals surface area (Å²) >= 11 is 0. The highest BCUT2D eigenvalue weighted by Crippen LogP contribution is 2.32. The zero-order chi connectivity index (χ0) is 23.2. The fourth-order valence-corrected chi connectivity index (χ4v) is 4.32. The van der Waals surface area contributed by atoms with Crippen LogP contribution in [0, 0.1) is 0 Å². The Morgan fingerprint density at radius 2 is 1.84 bits per heavy atom. The van der Waals surface area contributed by atoms with Crippen LogP contribution in [0.3, 0.4) is 0 Å². The lowest BCUT2D eigenvalue weighted by atomic mass is 9.98. The number of nitrogens with one attached hydrogen (secondary N) is 1.